The number of pyridine rings is 1. The lowest BCUT2D eigenvalue weighted by Gasteiger charge is -2.24. The van der Waals surface area contributed by atoms with Gasteiger partial charge in [0.25, 0.3) is 0 Å². The van der Waals surface area contributed by atoms with E-state index in [-0.39, 0.29) is 12.1 Å². The van der Waals surface area contributed by atoms with Crippen LogP contribution in [-0.4, -0.2) is 43.5 Å². The van der Waals surface area contributed by atoms with Gasteiger partial charge >= 0.3 is 5.97 Å². The first-order valence-corrected chi connectivity index (χ1v) is 7.75. The molecule has 1 aromatic rings. The molecule has 7 heteroatoms. The van der Waals surface area contributed by atoms with Gasteiger partial charge in [0.15, 0.2) is 0 Å². The molecule has 5 nitrogen and oxygen atoms in total. The van der Waals surface area contributed by atoms with Gasteiger partial charge in [-0.25, -0.2) is 0 Å². The maximum atomic E-state index is 11.1. The average Bonchev–Trinajstić information content (AvgIpc) is 2.49. The van der Waals surface area contributed by atoms with Crippen molar-refractivity contribution in [1.29, 1.82) is 0 Å². The van der Waals surface area contributed by atoms with Crippen molar-refractivity contribution in [3.8, 4) is 0 Å². The molecule has 0 saturated carbocycles. The summed E-state index contributed by atoms with van der Waals surface area (Å²) in [4.78, 5) is 16.3. The number of nitrogens with zero attached hydrogens (tertiary/aromatic N) is 1. The van der Waals surface area contributed by atoms with Gasteiger partial charge in [0.05, 0.1) is 30.9 Å². The second-order valence-electron chi connectivity index (χ2n) is 4.25. The van der Waals surface area contributed by atoms with Crippen LogP contribution in [0.4, 0.5) is 0 Å². The largest absolute Gasteiger partial charge is 0.469 e. The topological polar surface area (TPSA) is 60.5 Å². The molecule has 1 N–H and O–H groups in total. The Morgan fingerprint density at radius 3 is 3.25 bits per heavy atom. The van der Waals surface area contributed by atoms with Gasteiger partial charge in [0.2, 0.25) is 0 Å². The van der Waals surface area contributed by atoms with Crippen molar-refractivity contribution in [3.05, 3.63) is 23.0 Å². The van der Waals surface area contributed by atoms with Crippen molar-refractivity contribution in [1.82, 2.24) is 10.3 Å². The summed E-state index contributed by atoms with van der Waals surface area (Å²) in [7, 11) is 1.39. The first-order chi connectivity index (χ1) is 9.72. The maximum absolute atomic E-state index is 11.1. The zero-order chi connectivity index (χ0) is 14.4. The summed E-state index contributed by atoms with van der Waals surface area (Å²) in [6.07, 6.45) is 1.97. The SMILES string of the molecule is COC(=O)CCSc1ccnc(C2CNCCO2)c1Cl. The van der Waals surface area contributed by atoms with E-state index in [0.717, 1.165) is 17.1 Å². The molecule has 1 aliphatic rings. The molecule has 0 aliphatic carbocycles. The van der Waals surface area contributed by atoms with Gasteiger partial charge in [-0.3, -0.25) is 9.78 Å². The number of methoxy groups -OCH3 is 1. The Kier molecular flexibility index (Phi) is 6.09. The highest BCUT2D eigenvalue weighted by molar-refractivity contribution is 7.99. The Morgan fingerprint density at radius 1 is 1.70 bits per heavy atom. The van der Waals surface area contributed by atoms with Crippen molar-refractivity contribution in [2.24, 2.45) is 0 Å². The Morgan fingerprint density at radius 2 is 2.55 bits per heavy atom. The van der Waals surface area contributed by atoms with Gasteiger partial charge in [-0.05, 0) is 6.07 Å². The van der Waals surface area contributed by atoms with Crippen LogP contribution in [0.3, 0.4) is 0 Å². The number of hydrogen-bond donors (Lipinski definition) is 1. The monoisotopic (exact) mass is 316 g/mol. The summed E-state index contributed by atoms with van der Waals surface area (Å²) in [5.74, 6) is 0.405. The summed E-state index contributed by atoms with van der Waals surface area (Å²) >= 11 is 7.90. The van der Waals surface area contributed by atoms with Crippen molar-refractivity contribution in [3.63, 3.8) is 0 Å². The smallest absolute Gasteiger partial charge is 0.306 e. The zero-order valence-electron chi connectivity index (χ0n) is 11.2. The molecule has 2 heterocycles. The molecule has 0 amide bonds. The lowest BCUT2D eigenvalue weighted by molar-refractivity contribution is -0.140. The molecule has 0 spiro atoms. The Bertz CT molecular complexity index is 467. The van der Waals surface area contributed by atoms with Crippen LogP contribution in [0.1, 0.15) is 18.2 Å². The highest BCUT2D eigenvalue weighted by Crippen LogP contribution is 2.33. The van der Waals surface area contributed by atoms with Crippen LogP contribution in [0.25, 0.3) is 0 Å². The van der Waals surface area contributed by atoms with Gasteiger partial charge in [-0.2, -0.15) is 0 Å². The number of thioether (sulfide) groups is 1. The summed E-state index contributed by atoms with van der Waals surface area (Å²) in [6, 6.07) is 1.85. The Balaban J connectivity index is 2.01. The van der Waals surface area contributed by atoms with E-state index in [1.54, 1.807) is 6.20 Å². The van der Waals surface area contributed by atoms with Crippen LogP contribution in [0.5, 0.6) is 0 Å². The van der Waals surface area contributed by atoms with Crippen molar-refractivity contribution < 1.29 is 14.3 Å². The molecule has 110 valence electrons. The Hall–Kier alpha value is -0.820. The first kappa shape index (κ1) is 15.6. The summed E-state index contributed by atoms with van der Waals surface area (Å²) in [5.41, 5.74) is 0.752. The van der Waals surface area contributed by atoms with Crippen LogP contribution in [0.15, 0.2) is 17.2 Å². The van der Waals surface area contributed by atoms with E-state index in [1.165, 1.54) is 18.9 Å². The molecule has 1 unspecified atom stereocenters. The standard InChI is InChI=1S/C13H17ClN2O3S/c1-18-11(17)3-7-20-10-2-4-16-13(12(10)14)9-8-15-5-6-19-9/h2,4,9,15H,3,5-8H2,1H3. The predicted molar refractivity (Wildman–Crippen MR) is 78.2 cm³/mol. The third-order valence-corrected chi connectivity index (χ3v) is 4.47. The van der Waals surface area contributed by atoms with Crippen molar-refractivity contribution in [2.45, 2.75) is 17.4 Å². The van der Waals surface area contributed by atoms with E-state index in [4.69, 9.17) is 16.3 Å². The van der Waals surface area contributed by atoms with Gasteiger partial charge in [-0.1, -0.05) is 11.6 Å². The van der Waals surface area contributed by atoms with E-state index in [2.05, 4.69) is 15.0 Å². The average molecular weight is 317 g/mol. The molecule has 0 radical (unpaired) electrons. The summed E-state index contributed by atoms with van der Waals surface area (Å²) in [6.45, 7) is 2.22. The minimum Gasteiger partial charge on any atom is -0.469 e. The van der Waals surface area contributed by atoms with Gasteiger partial charge in [0, 0.05) is 29.9 Å². The number of carbonyl (C=O) groups is 1. The van der Waals surface area contributed by atoms with Crippen LogP contribution in [0.2, 0.25) is 5.02 Å². The molecule has 0 bridgehead atoms. The number of hydrogen-bond acceptors (Lipinski definition) is 6. The molecule has 20 heavy (non-hydrogen) atoms. The number of esters is 1. The lowest BCUT2D eigenvalue weighted by atomic mass is 10.2. The van der Waals surface area contributed by atoms with E-state index < -0.39 is 0 Å². The van der Waals surface area contributed by atoms with Crippen LogP contribution in [-0.2, 0) is 14.3 Å². The molecule has 1 aliphatic heterocycles. The fourth-order valence-electron chi connectivity index (χ4n) is 1.86. The minimum absolute atomic E-state index is 0.114. The number of rotatable bonds is 5. The number of aromatic nitrogens is 1. The fraction of sp³-hybridized carbons (Fsp3) is 0.538. The highest BCUT2D eigenvalue weighted by atomic mass is 35.5. The molecule has 2 rings (SSSR count). The maximum Gasteiger partial charge on any atom is 0.306 e. The van der Waals surface area contributed by atoms with Crippen molar-refractivity contribution >= 4 is 29.3 Å². The second kappa shape index (κ2) is 7.83. The van der Waals surface area contributed by atoms with Gasteiger partial charge in [0.1, 0.15) is 6.10 Å². The second-order valence-corrected chi connectivity index (χ2v) is 5.76. The molecular weight excluding hydrogens is 300 g/mol. The number of nitrogens with one attached hydrogen (secondary N) is 1. The number of ether oxygens (including phenoxy) is 2. The van der Waals surface area contributed by atoms with Crippen LogP contribution >= 0.6 is 23.4 Å². The highest BCUT2D eigenvalue weighted by Gasteiger charge is 2.21. The molecule has 0 aromatic carbocycles. The first-order valence-electron chi connectivity index (χ1n) is 6.38. The van der Waals surface area contributed by atoms with Gasteiger partial charge < -0.3 is 14.8 Å². The fourth-order valence-corrected chi connectivity index (χ4v) is 3.14. The molecule has 1 saturated heterocycles. The third-order valence-electron chi connectivity index (χ3n) is 2.90. The van der Waals surface area contributed by atoms with E-state index in [0.29, 0.717) is 30.3 Å². The van der Waals surface area contributed by atoms with E-state index in [1.807, 2.05) is 6.07 Å². The number of carbonyl (C=O) groups excluding carboxylic acids is 1. The summed E-state index contributed by atoms with van der Waals surface area (Å²) in [5, 5.41) is 3.86. The number of morpholine rings is 1. The molecule has 1 atom stereocenters. The van der Waals surface area contributed by atoms with E-state index >= 15 is 0 Å². The Labute approximate surface area is 127 Å². The van der Waals surface area contributed by atoms with Crippen LogP contribution in [0, 0.1) is 0 Å². The van der Waals surface area contributed by atoms with Crippen molar-refractivity contribution in [2.75, 3.05) is 32.6 Å². The molecule has 1 fully saturated rings. The quantitative estimate of drug-likeness (QED) is 0.663. The predicted octanol–water partition coefficient (Wildman–Crippen LogP) is 2.05. The lowest BCUT2D eigenvalue weighted by Crippen LogP contribution is -2.33. The third kappa shape index (κ3) is 4.09. The summed E-state index contributed by atoms with van der Waals surface area (Å²) < 4.78 is 10.3. The number of halogens is 1. The van der Waals surface area contributed by atoms with E-state index in [9.17, 15) is 4.79 Å². The minimum atomic E-state index is -0.220. The molecular formula is C13H17ClN2O3S. The van der Waals surface area contributed by atoms with Crippen LogP contribution < -0.4 is 5.32 Å². The zero-order valence-corrected chi connectivity index (χ0v) is 12.8. The normalized spacial score (nSPS) is 18.8. The van der Waals surface area contributed by atoms with Gasteiger partial charge in [-0.15, -0.1) is 11.8 Å². The molecule has 1 aromatic heterocycles.